The molecule has 1 aromatic rings. The number of allylic oxidation sites excluding steroid dienone is 1. The van der Waals surface area contributed by atoms with Crippen LogP contribution in [0.25, 0.3) is 0 Å². The van der Waals surface area contributed by atoms with Crippen LogP contribution in [0.1, 0.15) is 12.5 Å². The van der Waals surface area contributed by atoms with Crippen molar-refractivity contribution in [2.45, 2.75) is 13.3 Å². The Morgan fingerprint density at radius 3 is 2.61 bits per heavy atom. The smallest absolute Gasteiger partial charge is 0.307 e. The lowest BCUT2D eigenvalue weighted by Gasteiger charge is -2.06. The number of hydrogen-bond acceptors (Lipinski definition) is 3. The average molecular weight is 250 g/mol. The highest BCUT2D eigenvalue weighted by molar-refractivity contribution is 5.70. The lowest BCUT2D eigenvalue weighted by molar-refractivity contribution is -0.136. The molecule has 1 N–H and O–H groups in total. The second kappa shape index (κ2) is 8.31. The Balaban J connectivity index is 2.24. The molecule has 0 unspecified atom stereocenters. The second-order valence-corrected chi connectivity index (χ2v) is 3.71. The predicted octanol–water partition coefficient (Wildman–Crippen LogP) is 2.29. The molecule has 18 heavy (non-hydrogen) atoms. The average Bonchev–Trinajstić information content (AvgIpc) is 2.35. The molecule has 0 saturated carbocycles. The molecule has 4 heteroatoms. The van der Waals surface area contributed by atoms with E-state index in [0.717, 1.165) is 11.3 Å². The van der Waals surface area contributed by atoms with E-state index < -0.39 is 5.97 Å². The molecule has 1 aromatic carbocycles. The van der Waals surface area contributed by atoms with Crippen LogP contribution in [-0.4, -0.2) is 30.9 Å². The van der Waals surface area contributed by atoms with Gasteiger partial charge in [0.2, 0.25) is 0 Å². The molecule has 0 aliphatic rings. The summed E-state index contributed by atoms with van der Waals surface area (Å²) >= 11 is 0. The number of ether oxygens (including phenoxy) is 2. The predicted molar refractivity (Wildman–Crippen MR) is 68.9 cm³/mol. The summed E-state index contributed by atoms with van der Waals surface area (Å²) in [5, 5.41) is 8.63. The van der Waals surface area contributed by atoms with Crippen molar-refractivity contribution in [3.8, 4) is 5.75 Å². The molecular weight excluding hydrogens is 232 g/mol. The third kappa shape index (κ3) is 6.06. The fourth-order valence-corrected chi connectivity index (χ4v) is 1.34. The van der Waals surface area contributed by atoms with Crippen molar-refractivity contribution in [3.63, 3.8) is 0 Å². The first kappa shape index (κ1) is 14.3. The zero-order valence-corrected chi connectivity index (χ0v) is 10.5. The van der Waals surface area contributed by atoms with Crippen LogP contribution in [0.5, 0.6) is 5.75 Å². The van der Waals surface area contributed by atoms with Gasteiger partial charge in [0.1, 0.15) is 12.4 Å². The minimum atomic E-state index is -0.832. The monoisotopic (exact) mass is 250 g/mol. The summed E-state index contributed by atoms with van der Waals surface area (Å²) < 4.78 is 10.7. The van der Waals surface area contributed by atoms with E-state index in [2.05, 4.69) is 0 Å². The fourth-order valence-electron chi connectivity index (χ4n) is 1.34. The maximum Gasteiger partial charge on any atom is 0.307 e. The zero-order chi connectivity index (χ0) is 13.2. The zero-order valence-electron chi connectivity index (χ0n) is 10.5. The van der Waals surface area contributed by atoms with Crippen LogP contribution in [0, 0.1) is 0 Å². The van der Waals surface area contributed by atoms with Crippen LogP contribution < -0.4 is 4.74 Å². The van der Waals surface area contributed by atoms with Crippen molar-refractivity contribution < 1.29 is 19.4 Å². The number of rotatable bonds is 8. The standard InChI is InChI=1S/C14H18O4/c1-2-3-8-17-9-10-18-13-6-4-12(5-7-13)11-14(15)16/h2-7H,8-11H2,1H3,(H,15,16). The van der Waals surface area contributed by atoms with Crippen molar-refractivity contribution in [2.75, 3.05) is 19.8 Å². The number of carbonyl (C=O) groups is 1. The highest BCUT2D eigenvalue weighted by atomic mass is 16.5. The fraction of sp³-hybridized carbons (Fsp3) is 0.357. The number of carboxylic acid groups (broad SMARTS) is 1. The maximum absolute atomic E-state index is 10.5. The highest BCUT2D eigenvalue weighted by Crippen LogP contribution is 2.12. The van der Waals surface area contributed by atoms with E-state index in [0.29, 0.717) is 19.8 Å². The van der Waals surface area contributed by atoms with E-state index in [4.69, 9.17) is 14.6 Å². The third-order valence-corrected chi connectivity index (χ3v) is 2.22. The summed E-state index contributed by atoms with van der Waals surface area (Å²) in [6.07, 6.45) is 3.90. The molecule has 0 atom stereocenters. The van der Waals surface area contributed by atoms with Crippen LogP contribution in [0.3, 0.4) is 0 Å². The van der Waals surface area contributed by atoms with E-state index >= 15 is 0 Å². The first-order chi connectivity index (χ1) is 8.72. The molecule has 0 radical (unpaired) electrons. The molecule has 0 heterocycles. The number of carboxylic acids is 1. The van der Waals surface area contributed by atoms with E-state index in [1.54, 1.807) is 24.3 Å². The molecule has 0 aliphatic heterocycles. The van der Waals surface area contributed by atoms with Gasteiger partial charge >= 0.3 is 5.97 Å². The van der Waals surface area contributed by atoms with Crippen molar-refractivity contribution in [1.29, 1.82) is 0 Å². The van der Waals surface area contributed by atoms with E-state index in [-0.39, 0.29) is 6.42 Å². The van der Waals surface area contributed by atoms with E-state index in [1.807, 2.05) is 19.1 Å². The van der Waals surface area contributed by atoms with Crippen molar-refractivity contribution >= 4 is 5.97 Å². The Kier molecular flexibility index (Phi) is 6.58. The third-order valence-electron chi connectivity index (χ3n) is 2.22. The Morgan fingerprint density at radius 1 is 1.28 bits per heavy atom. The van der Waals surface area contributed by atoms with Crippen LogP contribution >= 0.6 is 0 Å². The van der Waals surface area contributed by atoms with Crippen molar-refractivity contribution in [1.82, 2.24) is 0 Å². The van der Waals surface area contributed by atoms with Crippen LogP contribution in [-0.2, 0) is 16.0 Å². The van der Waals surface area contributed by atoms with Crippen LogP contribution in [0.2, 0.25) is 0 Å². The minimum Gasteiger partial charge on any atom is -0.491 e. The number of hydrogen-bond donors (Lipinski definition) is 1. The van der Waals surface area contributed by atoms with Gasteiger partial charge in [-0.1, -0.05) is 24.3 Å². The normalized spacial score (nSPS) is 10.7. The molecule has 1 rings (SSSR count). The Hall–Kier alpha value is -1.81. The van der Waals surface area contributed by atoms with Crippen LogP contribution in [0.15, 0.2) is 36.4 Å². The quantitative estimate of drug-likeness (QED) is 0.568. The van der Waals surface area contributed by atoms with Gasteiger partial charge in [-0.15, -0.1) is 0 Å². The Morgan fingerprint density at radius 2 is 2.00 bits per heavy atom. The van der Waals surface area contributed by atoms with Gasteiger partial charge in [0, 0.05) is 0 Å². The molecule has 0 amide bonds. The summed E-state index contributed by atoms with van der Waals surface area (Å²) in [6, 6.07) is 7.04. The van der Waals surface area contributed by atoms with Gasteiger partial charge < -0.3 is 14.6 Å². The van der Waals surface area contributed by atoms with E-state index in [1.165, 1.54) is 0 Å². The first-order valence-electron chi connectivity index (χ1n) is 5.85. The number of aliphatic carboxylic acids is 1. The number of benzene rings is 1. The van der Waals surface area contributed by atoms with E-state index in [9.17, 15) is 4.79 Å². The van der Waals surface area contributed by atoms with Gasteiger partial charge in [0.15, 0.2) is 0 Å². The van der Waals surface area contributed by atoms with Gasteiger partial charge in [0.25, 0.3) is 0 Å². The molecule has 0 saturated heterocycles. The highest BCUT2D eigenvalue weighted by Gasteiger charge is 2.00. The molecule has 98 valence electrons. The Labute approximate surface area is 107 Å². The largest absolute Gasteiger partial charge is 0.491 e. The Bertz CT molecular complexity index is 381. The lowest BCUT2D eigenvalue weighted by atomic mass is 10.1. The lowest BCUT2D eigenvalue weighted by Crippen LogP contribution is -2.06. The summed E-state index contributed by atoms with van der Waals surface area (Å²) in [5.41, 5.74) is 0.763. The van der Waals surface area contributed by atoms with Gasteiger partial charge in [-0.25, -0.2) is 0 Å². The van der Waals surface area contributed by atoms with Gasteiger partial charge in [-0.05, 0) is 24.6 Å². The molecule has 0 aromatic heterocycles. The molecule has 0 fully saturated rings. The first-order valence-corrected chi connectivity index (χ1v) is 5.85. The summed E-state index contributed by atoms with van der Waals surface area (Å²) in [6.45, 7) is 3.55. The van der Waals surface area contributed by atoms with Crippen molar-refractivity contribution in [3.05, 3.63) is 42.0 Å². The van der Waals surface area contributed by atoms with Gasteiger partial charge in [-0.3, -0.25) is 4.79 Å². The van der Waals surface area contributed by atoms with Crippen molar-refractivity contribution in [2.24, 2.45) is 0 Å². The topological polar surface area (TPSA) is 55.8 Å². The second-order valence-electron chi connectivity index (χ2n) is 3.71. The summed E-state index contributed by atoms with van der Waals surface area (Å²) in [5.74, 6) is -0.111. The summed E-state index contributed by atoms with van der Waals surface area (Å²) in [7, 11) is 0. The molecule has 0 bridgehead atoms. The minimum absolute atomic E-state index is 0.0345. The van der Waals surface area contributed by atoms with Gasteiger partial charge in [0.05, 0.1) is 19.6 Å². The molecule has 4 nitrogen and oxygen atoms in total. The van der Waals surface area contributed by atoms with Crippen LogP contribution in [0.4, 0.5) is 0 Å². The molecule has 0 spiro atoms. The molecule has 0 aliphatic carbocycles. The summed E-state index contributed by atoms with van der Waals surface area (Å²) in [4.78, 5) is 10.5. The molecular formula is C14H18O4. The SMILES string of the molecule is CC=CCOCCOc1ccc(CC(=O)O)cc1. The van der Waals surface area contributed by atoms with Gasteiger partial charge in [-0.2, -0.15) is 0 Å². The maximum atomic E-state index is 10.5.